The van der Waals surface area contributed by atoms with Crippen LogP contribution < -0.4 is 10.5 Å². The van der Waals surface area contributed by atoms with Crippen LogP contribution >= 0.6 is 0 Å². The summed E-state index contributed by atoms with van der Waals surface area (Å²) in [5.41, 5.74) is 5.28. The zero-order valence-electron chi connectivity index (χ0n) is 7.28. The molecule has 0 aliphatic carbocycles. The van der Waals surface area contributed by atoms with Crippen molar-refractivity contribution in [2.45, 2.75) is 6.92 Å². The van der Waals surface area contributed by atoms with Crippen LogP contribution in [0.3, 0.4) is 0 Å². The van der Waals surface area contributed by atoms with Crippen molar-refractivity contribution in [2.75, 3.05) is 6.61 Å². The van der Waals surface area contributed by atoms with Gasteiger partial charge in [-0.15, -0.1) is 0 Å². The summed E-state index contributed by atoms with van der Waals surface area (Å²) < 4.78 is 5.14. The minimum atomic E-state index is -0.612. The van der Waals surface area contributed by atoms with Crippen molar-refractivity contribution in [3.63, 3.8) is 0 Å². The van der Waals surface area contributed by atoms with Gasteiger partial charge in [-0.25, -0.2) is 0 Å². The van der Waals surface area contributed by atoms with Crippen molar-refractivity contribution >= 4 is 5.91 Å². The number of phenols is 1. The van der Waals surface area contributed by atoms with Gasteiger partial charge in [0.25, 0.3) is 5.91 Å². The topological polar surface area (TPSA) is 72.6 Å². The highest BCUT2D eigenvalue weighted by atomic mass is 16.5. The molecule has 13 heavy (non-hydrogen) atoms. The van der Waals surface area contributed by atoms with E-state index in [1.165, 1.54) is 18.2 Å². The summed E-state index contributed by atoms with van der Waals surface area (Å²) in [5.74, 6) is -0.218. The molecule has 0 saturated carbocycles. The number of aromatic hydroxyl groups is 1. The number of ether oxygens (including phenoxy) is 1. The fourth-order valence-electron chi connectivity index (χ4n) is 0.992. The van der Waals surface area contributed by atoms with Crippen LogP contribution in [0.2, 0.25) is 0 Å². The highest BCUT2D eigenvalue weighted by Gasteiger charge is 2.09. The second-order valence-electron chi connectivity index (χ2n) is 2.48. The molecule has 4 nitrogen and oxygen atoms in total. The van der Waals surface area contributed by atoms with Gasteiger partial charge in [0, 0.05) is 0 Å². The molecule has 1 rings (SSSR count). The van der Waals surface area contributed by atoms with Crippen molar-refractivity contribution in [1.29, 1.82) is 0 Å². The number of carbonyl (C=O) groups is 1. The number of carbonyl (C=O) groups excluding carboxylic acids is 1. The number of primary amides is 1. The van der Waals surface area contributed by atoms with E-state index >= 15 is 0 Å². The summed E-state index contributed by atoms with van der Waals surface area (Å²) >= 11 is 0. The first-order valence-electron chi connectivity index (χ1n) is 3.90. The fraction of sp³-hybridized carbons (Fsp3) is 0.222. The Morgan fingerprint density at radius 3 is 2.85 bits per heavy atom. The lowest BCUT2D eigenvalue weighted by molar-refractivity contribution is 0.0996. The fourth-order valence-corrected chi connectivity index (χ4v) is 0.992. The molecule has 1 aromatic rings. The number of benzene rings is 1. The van der Waals surface area contributed by atoms with E-state index in [0.29, 0.717) is 12.4 Å². The average Bonchev–Trinajstić information content (AvgIpc) is 2.08. The van der Waals surface area contributed by atoms with Crippen LogP contribution in [0.15, 0.2) is 18.2 Å². The van der Waals surface area contributed by atoms with Crippen molar-refractivity contribution < 1.29 is 14.6 Å². The molecule has 3 N–H and O–H groups in total. The Bertz CT molecular complexity index is 323. The van der Waals surface area contributed by atoms with Crippen LogP contribution in [-0.2, 0) is 0 Å². The molecule has 0 aliphatic heterocycles. The van der Waals surface area contributed by atoms with E-state index in [4.69, 9.17) is 15.6 Å². The van der Waals surface area contributed by atoms with E-state index in [1.807, 2.05) is 0 Å². The highest BCUT2D eigenvalue weighted by Crippen LogP contribution is 2.22. The second kappa shape index (κ2) is 3.80. The summed E-state index contributed by atoms with van der Waals surface area (Å²) in [4.78, 5) is 10.9. The minimum Gasteiger partial charge on any atom is -0.508 e. The third-order valence-corrected chi connectivity index (χ3v) is 1.53. The maximum Gasteiger partial charge on any atom is 0.252 e. The van der Waals surface area contributed by atoms with Gasteiger partial charge in [0.2, 0.25) is 0 Å². The van der Waals surface area contributed by atoms with Crippen LogP contribution in [0.5, 0.6) is 11.5 Å². The quantitative estimate of drug-likeness (QED) is 0.727. The third-order valence-electron chi connectivity index (χ3n) is 1.53. The van der Waals surface area contributed by atoms with Gasteiger partial charge in [0.1, 0.15) is 11.5 Å². The zero-order chi connectivity index (χ0) is 9.84. The second-order valence-corrected chi connectivity index (χ2v) is 2.48. The van der Waals surface area contributed by atoms with Gasteiger partial charge < -0.3 is 15.6 Å². The first-order valence-corrected chi connectivity index (χ1v) is 3.90. The Labute approximate surface area is 75.9 Å². The standard InChI is InChI=1S/C9H11NO3/c1-2-13-8-4-3-6(11)5-7(8)9(10)12/h3-5,11H,2H2,1H3,(H2,10,12). The van der Waals surface area contributed by atoms with Crippen LogP contribution in [0.25, 0.3) is 0 Å². The molecule has 0 bridgehead atoms. The zero-order valence-corrected chi connectivity index (χ0v) is 7.28. The normalized spacial score (nSPS) is 9.62. The smallest absolute Gasteiger partial charge is 0.252 e. The van der Waals surface area contributed by atoms with E-state index in [9.17, 15) is 4.79 Å². The summed E-state index contributed by atoms with van der Waals surface area (Å²) in [6.07, 6.45) is 0. The van der Waals surface area contributed by atoms with Crippen LogP contribution in [0.1, 0.15) is 17.3 Å². The third kappa shape index (κ3) is 2.11. The van der Waals surface area contributed by atoms with E-state index in [0.717, 1.165) is 0 Å². The molecular formula is C9H11NO3. The van der Waals surface area contributed by atoms with E-state index in [2.05, 4.69) is 0 Å². The number of hydrogen-bond donors (Lipinski definition) is 2. The molecule has 0 radical (unpaired) electrons. The molecule has 70 valence electrons. The van der Waals surface area contributed by atoms with Gasteiger partial charge in [-0.2, -0.15) is 0 Å². The molecule has 4 heteroatoms. The van der Waals surface area contributed by atoms with Crippen molar-refractivity contribution in [3.05, 3.63) is 23.8 Å². The number of rotatable bonds is 3. The lowest BCUT2D eigenvalue weighted by Gasteiger charge is -2.07. The van der Waals surface area contributed by atoms with Gasteiger partial charge in [-0.1, -0.05) is 0 Å². The Morgan fingerprint density at radius 2 is 2.31 bits per heavy atom. The lowest BCUT2D eigenvalue weighted by atomic mass is 10.2. The Hall–Kier alpha value is -1.71. The molecule has 0 aliphatic rings. The first-order chi connectivity index (χ1) is 6.15. The summed E-state index contributed by atoms with van der Waals surface area (Å²) in [6, 6.07) is 4.24. The largest absolute Gasteiger partial charge is 0.508 e. The average molecular weight is 181 g/mol. The highest BCUT2D eigenvalue weighted by molar-refractivity contribution is 5.96. The van der Waals surface area contributed by atoms with Gasteiger partial charge in [0.05, 0.1) is 12.2 Å². The maximum absolute atomic E-state index is 10.9. The molecule has 0 saturated heterocycles. The predicted octanol–water partition coefficient (Wildman–Crippen LogP) is 0.890. The number of phenolic OH excluding ortho intramolecular Hbond substituents is 1. The molecular weight excluding hydrogens is 170 g/mol. The molecule has 0 atom stereocenters. The number of nitrogens with two attached hydrogens (primary N) is 1. The van der Waals surface area contributed by atoms with E-state index in [-0.39, 0.29) is 11.3 Å². The van der Waals surface area contributed by atoms with Gasteiger partial charge in [0.15, 0.2) is 0 Å². The van der Waals surface area contributed by atoms with E-state index < -0.39 is 5.91 Å². The minimum absolute atomic E-state index is 0.00254. The maximum atomic E-state index is 10.9. The summed E-state index contributed by atoms with van der Waals surface area (Å²) in [7, 11) is 0. The van der Waals surface area contributed by atoms with Crippen LogP contribution in [-0.4, -0.2) is 17.6 Å². The molecule has 0 unspecified atom stereocenters. The number of amides is 1. The Kier molecular flexibility index (Phi) is 2.74. The lowest BCUT2D eigenvalue weighted by Crippen LogP contribution is -2.12. The van der Waals surface area contributed by atoms with Crippen LogP contribution in [0, 0.1) is 0 Å². The Balaban J connectivity index is 3.10. The first kappa shape index (κ1) is 9.38. The SMILES string of the molecule is CCOc1ccc(O)cc1C(N)=O. The molecule has 1 amide bonds. The van der Waals surface area contributed by atoms with Crippen LogP contribution in [0.4, 0.5) is 0 Å². The molecule has 0 heterocycles. The van der Waals surface area contributed by atoms with Crippen molar-refractivity contribution in [1.82, 2.24) is 0 Å². The van der Waals surface area contributed by atoms with Gasteiger partial charge in [-0.05, 0) is 25.1 Å². The molecule has 0 fully saturated rings. The molecule has 0 spiro atoms. The van der Waals surface area contributed by atoms with Gasteiger partial charge in [-0.3, -0.25) is 4.79 Å². The summed E-state index contributed by atoms with van der Waals surface area (Å²) in [6.45, 7) is 2.25. The van der Waals surface area contributed by atoms with Gasteiger partial charge >= 0.3 is 0 Å². The van der Waals surface area contributed by atoms with E-state index in [1.54, 1.807) is 6.92 Å². The molecule has 0 aromatic heterocycles. The predicted molar refractivity (Wildman–Crippen MR) is 47.8 cm³/mol. The van der Waals surface area contributed by atoms with Crippen molar-refractivity contribution in [2.24, 2.45) is 5.73 Å². The summed E-state index contributed by atoms with van der Waals surface area (Å²) in [5, 5.41) is 9.09. The Morgan fingerprint density at radius 1 is 1.62 bits per heavy atom. The monoisotopic (exact) mass is 181 g/mol. The van der Waals surface area contributed by atoms with Crippen molar-refractivity contribution in [3.8, 4) is 11.5 Å². The number of hydrogen-bond acceptors (Lipinski definition) is 3. The molecule has 1 aromatic carbocycles.